The summed E-state index contributed by atoms with van der Waals surface area (Å²) in [5.41, 5.74) is 2.03. The van der Waals surface area contributed by atoms with Crippen molar-refractivity contribution in [1.82, 2.24) is 4.57 Å². The number of benzene rings is 1. The monoisotopic (exact) mass is 321 g/mol. The van der Waals surface area contributed by atoms with E-state index in [0.29, 0.717) is 17.2 Å². The summed E-state index contributed by atoms with van der Waals surface area (Å²) >= 11 is 3.44. The largest absolute Gasteiger partial charge is 0.465 e. The molecular weight excluding hydrogens is 310 g/mol. The summed E-state index contributed by atoms with van der Waals surface area (Å²) < 4.78 is 7.57. The van der Waals surface area contributed by atoms with Crippen molar-refractivity contribution in [2.45, 2.75) is 18.9 Å². The number of aldehydes is 1. The fourth-order valence-corrected chi connectivity index (χ4v) is 3.02. The Balaban J connectivity index is 2.29. The van der Waals surface area contributed by atoms with Crippen LogP contribution in [0.2, 0.25) is 0 Å². The Kier molecular flexibility index (Phi) is 2.93. The van der Waals surface area contributed by atoms with Gasteiger partial charge in [-0.25, -0.2) is 4.79 Å². The third-order valence-electron chi connectivity index (χ3n) is 3.40. The zero-order chi connectivity index (χ0) is 13.6. The van der Waals surface area contributed by atoms with Crippen LogP contribution in [0, 0.1) is 0 Å². The molecule has 19 heavy (non-hydrogen) atoms. The van der Waals surface area contributed by atoms with Crippen molar-refractivity contribution in [3.05, 3.63) is 33.9 Å². The summed E-state index contributed by atoms with van der Waals surface area (Å²) in [4.78, 5) is 22.8. The lowest BCUT2D eigenvalue weighted by molar-refractivity contribution is 0.0600. The van der Waals surface area contributed by atoms with Gasteiger partial charge in [-0.05, 0) is 25.0 Å². The zero-order valence-electron chi connectivity index (χ0n) is 10.4. The summed E-state index contributed by atoms with van der Waals surface area (Å²) in [5, 5.41) is 0.856. The van der Waals surface area contributed by atoms with Gasteiger partial charge in [0.1, 0.15) is 0 Å². The summed E-state index contributed by atoms with van der Waals surface area (Å²) in [6, 6.07) is 3.92. The molecule has 0 radical (unpaired) electrons. The van der Waals surface area contributed by atoms with Gasteiger partial charge in [0.2, 0.25) is 0 Å². The molecule has 1 heterocycles. The van der Waals surface area contributed by atoms with Crippen LogP contribution in [0.1, 0.15) is 39.6 Å². The Hall–Kier alpha value is -1.62. The Labute approximate surface area is 118 Å². The van der Waals surface area contributed by atoms with Gasteiger partial charge >= 0.3 is 5.97 Å². The van der Waals surface area contributed by atoms with E-state index in [-0.39, 0.29) is 5.97 Å². The molecule has 0 N–H and O–H groups in total. The van der Waals surface area contributed by atoms with Crippen molar-refractivity contribution in [3.8, 4) is 0 Å². The molecular formula is C14H12BrNO3. The zero-order valence-corrected chi connectivity index (χ0v) is 11.9. The predicted octanol–water partition coefficient (Wildman–Crippen LogP) is 3.34. The van der Waals surface area contributed by atoms with Crippen LogP contribution in [0.4, 0.5) is 0 Å². The van der Waals surface area contributed by atoms with Crippen LogP contribution < -0.4 is 0 Å². The fraction of sp³-hybridized carbons (Fsp3) is 0.286. The lowest BCUT2D eigenvalue weighted by atomic mass is 10.1. The highest BCUT2D eigenvalue weighted by Crippen LogP contribution is 2.40. The first-order chi connectivity index (χ1) is 9.15. The van der Waals surface area contributed by atoms with Crippen molar-refractivity contribution in [3.63, 3.8) is 0 Å². The Bertz CT molecular complexity index is 686. The molecule has 0 amide bonds. The van der Waals surface area contributed by atoms with E-state index in [2.05, 4.69) is 20.5 Å². The van der Waals surface area contributed by atoms with E-state index >= 15 is 0 Å². The van der Waals surface area contributed by atoms with Gasteiger partial charge in [0.15, 0.2) is 6.29 Å². The number of nitrogens with zero attached hydrogens (tertiary/aromatic N) is 1. The summed E-state index contributed by atoms with van der Waals surface area (Å²) in [6.07, 6.45) is 4.94. The van der Waals surface area contributed by atoms with Crippen molar-refractivity contribution in [1.29, 1.82) is 0 Å². The first-order valence-corrected chi connectivity index (χ1v) is 6.82. The second-order valence-electron chi connectivity index (χ2n) is 4.68. The van der Waals surface area contributed by atoms with Gasteiger partial charge in [-0.2, -0.15) is 0 Å². The number of rotatable bonds is 3. The van der Waals surface area contributed by atoms with E-state index in [1.807, 2.05) is 6.20 Å². The molecule has 1 aromatic heterocycles. The number of aromatic nitrogens is 1. The lowest BCUT2D eigenvalue weighted by Gasteiger charge is -2.06. The van der Waals surface area contributed by atoms with E-state index in [1.54, 1.807) is 12.1 Å². The van der Waals surface area contributed by atoms with Crippen LogP contribution in [0.3, 0.4) is 0 Å². The van der Waals surface area contributed by atoms with Crippen LogP contribution in [0.15, 0.2) is 22.8 Å². The number of carbonyl (C=O) groups excluding carboxylic acids is 2. The molecule has 0 atom stereocenters. The molecule has 0 unspecified atom stereocenters. The fourth-order valence-electron chi connectivity index (χ4n) is 2.35. The van der Waals surface area contributed by atoms with Gasteiger partial charge in [0.25, 0.3) is 0 Å². The molecule has 0 spiro atoms. The minimum absolute atomic E-state index is 0.376. The van der Waals surface area contributed by atoms with Crippen LogP contribution in [0.25, 0.3) is 10.9 Å². The van der Waals surface area contributed by atoms with E-state index in [0.717, 1.165) is 34.5 Å². The third-order valence-corrected chi connectivity index (χ3v) is 4.03. The molecule has 1 aliphatic carbocycles. The number of esters is 1. The second-order valence-corrected chi connectivity index (χ2v) is 5.54. The van der Waals surface area contributed by atoms with Gasteiger partial charge in [-0.1, -0.05) is 15.9 Å². The number of halogens is 1. The van der Waals surface area contributed by atoms with E-state index < -0.39 is 0 Å². The number of hydrogen-bond acceptors (Lipinski definition) is 3. The SMILES string of the molecule is COC(=O)c1cc(Br)c2c(C=O)cn(C3CC3)c2c1. The van der Waals surface area contributed by atoms with Crippen LogP contribution in [-0.4, -0.2) is 23.9 Å². The van der Waals surface area contributed by atoms with Gasteiger partial charge in [0.05, 0.1) is 18.2 Å². The molecule has 1 aliphatic rings. The molecule has 5 heteroatoms. The molecule has 0 saturated heterocycles. The van der Waals surface area contributed by atoms with Gasteiger partial charge in [-0.15, -0.1) is 0 Å². The van der Waals surface area contributed by atoms with Gasteiger partial charge < -0.3 is 9.30 Å². The van der Waals surface area contributed by atoms with Crippen LogP contribution in [-0.2, 0) is 4.74 Å². The maximum absolute atomic E-state index is 11.7. The number of carbonyl (C=O) groups is 2. The molecule has 2 aromatic rings. The van der Waals surface area contributed by atoms with Crippen molar-refractivity contribution >= 4 is 39.1 Å². The Morgan fingerprint density at radius 1 is 1.47 bits per heavy atom. The van der Waals surface area contributed by atoms with Crippen LogP contribution in [0.5, 0.6) is 0 Å². The highest BCUT2D eigenvalue weighted by atomic mass is 79.9. The maximum Gasteiger partial charge on any atom is 0.337 e. The lowest BCUT2D eigenvalue weighted by Crippen LogP contribution is -2.02. The summed E-state index contributed by atoms with van der Waals surface area (Å²) in [6.45, 7) is 0. The van der Waals surface area contributed by atoms with E-state index in [1.165, 1.54) is 7.11 Å². The number of ether oxygens (including phenoxy) is 1. The number of fused-ring (bicyclic) bond motifs is 1. The number of methoxy groups -OCH3 is 1. The predicted molar refractivity (Wildman–Crippen MR) is 74.6 cm³/mol. The average Bonchev–Trinajstić information content (AvgIpc) is 3.19. The van der Waals surface area contributed by atoms with E-state index in [9.17, 15) is 9.59 Å². The van der Waals surface area contributed by atoms with Crippen LogP contribution >= 0.6 is 15.9 Å². The third kappa shape index (κ3) is 1.98. The second kappa shape index (κ2) is 4.49. The molecule has 4 nitrogen and oxygen atoms in total. The molecule has 3 rings (SSSR count). The molecule has 1 saturated carbocycles. The minimum atomic E-state index is -0.376. The minimum Gasteiger partial charge on any atom is -0.465 e. The smallest absolute Gasteiger partial charge is 0.337 e. The molecule has 1 aromatic carbocycles. The molecule has 0 bridgehead atoms. The topological polar surface area (TPSA) is 48.3 Å². The maximum atomic E-state index is 11.7. The summed E-state index contributed by atoms with van der Waals surface area (Å²) in [7, 11) is 1.36. The average molecular weight is 322 g/mol. The molecule has 1 fully saturated rings. The quantitative estimate of drug-likeness (QED) is 0.643. The normalized spacial score (nSPS) is 14.6. The van der Waals surface area contributed by atoms with Gasteiger partial charge in [0, 0.05) is 27.7 Å². The Morgan fingerprint density at radius 3 is 2.79 bits per heavy atom. The molecule has 98 valence electrons. The highest BCUT2D eigenvalue weighted by molar-refractivity contribution is 9.10. The first-order valence-electron chi connectivity index (χ1n) is 6.03. The van der Waals surface area contributed by atoms with E-state index in [4.69, 9.17) is 4.74 Å². The van der Waals surface area contributed by atoms with Crippen molar-refractivity contribution in [2.75, 3.05) is 7.11 Å². The Morgan fingerprint density at radius 2 is 2.21 bits per heavy atom. The standard InChI is InChI=1S/C14H12BrNO3/c1-19-14(18)8-4-11(15)13-9(7-17)6-16(10-2-3-10)12(13)5-8/h4-7,10H,2-3H2,1H3. The van der Waals surface area contributed by atoms with Crippen molar-refractivity contribution in [2.24, 2.45) is 0 Å². The number of hydrogen-bond donors (Lipinski definition) is 0. The first kappa shape index (κ1) is 12.4. The summed E-state index contributed by atoms with van der Waals surface area (Å²) in [5.74, 6) is -0.376. The highest BCUT2D eigenvalue weighted by Gasteiger charge is 2.27. The van der Waals surface area contributed by atoms with Crippen molar-refractivity contribution < 1.29 is 14.3 Å². The van der Waals surface area contributed by atoms with Gasteiger partial charge in [-0.3, -0.25) is 4.79 Å². The molecule has 0 aliphatic heterocycles.